The van der Waals surface area contributed by atoms with Gasteiger partial charge in [-0.15, -0.1) is 24.8 Å². The summed E-state index contributed by atoms with van der Waals surface area (Å²) in [5, 5.41) is 4.68. The normalized spacial score (nSPS) is 16.7. The van der Waals surface area contributed by atoms with Crippen LogP contribution in [0.3, 0.4) is 0 Å². The minimum Gasteiger partial charge on any atom is -0.481 e. The van der Waals surface area contributed by atoms with Gasteiger partial charge in [0.15, 0.2) is 6.61 Å². The first-order valence-corrected chi connectivity index (χ1v) is 8.18. The lowest BCUT2D eigenvalue weighted by atomic mass is 10.1. The fourth-order valence-electron chi connectivity index (χ4n) is 2.90. The lowest BCUT2D eigenvalue weighted by Crippen LogP contribution is -2.48. The fourth-order valence-corrected chi connectivity index (χ4v) is 3.11. The van der Waals surface area contributed by atoms with Crippen molar-refractivity contribution in [3.8, 4) is 5.75 Å². The Morgan fingerprint density at radius 3 is 2.96 bits per heavy atom. The van der Waals surface area contributed by atoms with Gasteiger partial charge in [0, 0.05) is 30.7 Å². The molecule has 5 nitrogen and oxygen atoms in total. The summed E-state index contributed by atoms with van der Waals surface area (Å²) in [7, 11) is 1.93. The van der Waals surface area contributed by atoms with E-state index in [-0.39, 0.29) is 37.3 Å². The van der Waals surface area contributed by atoms with Crippen LogP contribution in [-0.4, -0.2) is 48.6 Å². The Morgan fingerprint density at radius 2 is 2.20 bits per heavy atom. The molecule has 0 spiro atoms. The third-order valence-corrected chi connectivity index (χ3v) is 4.54. The van der Waals surface area contributed by atoms with Gasteiger partial charge in [-0.1, -0.05) is 11.6 Å². The van der Waals surface area contributed by atoms with Crippen molar-refractivity contribution < 1.29 is 9.53 Å². The minimum absolute atomic E-state index is 0. The summed E-state index contributed by atoms with van der Waals surface area (Å²) < 4.78 is 5.73. The maximum Gasteiger partial charge on any atom is 0.260 e. The van der Waals surface area contributed by atoms with Gasteiger partial charge < -0.3 is 15.0 Å². The molecule has 138 valence electrons. The Morgan fingerprint density at radius 1 is 1.40 bits per heavy atom. The molecule has 1 fully saturated rings. The standard InChI is InChI=1S/C17H20ClN3O2.2ClH/c1-19-12-4-3-9-21(10-12)16(22)11-23-15-7-6-14(18)13-5-2-8-20-17(13)15;;/h2,5-8,12,19H,3-4,9-11H2,1H3;2*1H. The zero-order valence-electron chi connectivity index (χ0n) is 13.9. The number of piperidine rings is 1. The SMILES string of the molecule is CNC1CCCN(C(=O)COc2ccc(Cl)c3cccnc23)C1.Cl.Cl. The van der Waals surface area contributed by atoms with Gasteiger partial charge in [-0.3, -0.25) is 9.78 Å². The van der Waals surface area contributed by atoms with Crippen LogP contribution >= 0.6 is 36.4 Å². The lowest BCUT2D eigenvalue weighted by Gasteiger charge is -2.32. The number of ether oxygens (including phenoxy) is 1. The monoisotopic (exact) mass is 405 g/mol. The van der Waals surface area contributed by atoms with E-state index in [1.165, 1.54) is 0 Å². The smallest absolute Gasteiger partial charge is 0.260 e. The first kappa shape index (κ1) is 21.8. The summed E-state index contributed by atoms with van der Waals surface area (Å²) in [6, 6.07) is 7.61. The van der Waals surface area contributed by atoms with E-state index in [2.05, 4.69) is 10.3 Å². The second-order valence-electron chi connectivity index (χ2n) is 5.70. The number of carbonyl (C=O) groups excluding carboxylic acids is 1. The van der Waals surface area contributed by atoms with Gasteiger partial charge in [0.2, 0.25) is 0 Å². The molecule has 0 saturated carbocycles. The first-order valence-electron chi connectivity index (χ1n) is 7.80. The number of pyridine rings is 1. The number of benzene rings is 1. The number of nitrogens with zero attached hydrogens (tertiary/aromatic N) is 2. The predicted molar refractivity (Wildman–Crippen MR) is 105 cm³/mol. The van der Waals surface area contributed by atoms with E-state index in [1.807, 2.05) is 24.1 Å². The Bertz CT molecular complexity index is 715. The van der Waals surface area contributed by atoms with Crippen LogP contribution < -0.4 is 10.1 Å². The third-order valence-electron chi connectivity index (χ3n) is 4.21. The molecule has 2 heterocycles. The molecule has 1 N–H and O–H groups in total. The molecule has 1 aliphatic rings. The van der Waals surface area contributed by atoms with Crippen molar-refractivity contribution in [2.24, 2.45) is 0 Å². The summed E-state index contributed by atoms with van der Waals surface area (Å²) in [5.41, 5.74) is 0.680. The van der Waals surface area contributed by atoms with Crippen LogP contribution in [0.4, 0.5) is 0 Å². The summed E-state index contributed by atoms with van der Waals surface area (Å²) >= 11 is 6.17. The van der Waals surface area contributed by atoms with Crippen LogP contribution in [0.1, 0.15) is 12.8 Å². The van der Waals surface area contributed by atoms with Gasteiger partial charge in [0.25, 0.3) is 5.91 Å². The number of likely N-dealkylation sites (N-methyl/N-ethyl adjacent to an activating group) is 1. The topological polar surface area (TPSA) is 54.5 Å². The predicted octanol–water partition coefficient (Wildman–Crippen LogP) is 3.32. The highest BCUT2D eigenvalue weighted by Crippen LogP contribution is 2.29. The highest BCUT2D eigenvalue weighted by Gasteiger charge is 2.23. The summed E-state index contributed by atoms with van der Waals surface area (Å²) in [6.45, 7) is 1.54. The molecule has 1 unspecified atom stereocenters. The number of hydrogen-bond donors (Lipinski definition) is 1. The highest BCUT2D eigenvalue weighted by atomic mass is 35.5. The van der Waals surface area contributed by atoms with Gasteiger partial charge in [-0.05, 0) is 44.2 Å². The van der Waals surface area contributed by atoms with Gasteiger partial charge in [0.1, 0.15) is 11.3 Å². The molecular formula is C17H22Cl3N3O2. The Kier molecular flexibility index (Phi) is 8.73. The van der Waals surface area contributed by atoms with E-state index < -0.39 is 0 Å². The zero-order chi connectivity index (χ0) is 16.2. The average molecular weight is 407 g/mol. The van der Waals surface area contributed by atoms with Gasteiger partial charge in [-0.25, -0.2) is 0 Å². The number of nitrogens with one attached hydrogen (secondary N) is 1. The summed E-state index contributed by atoms with van der Waals surface area (Å²) in [6.07, 6.45) is 3.81. The molecule has 1 aromatic carbocycles. The van der Waals surface area contributed by atoms with Crippen molar-refractivity contribution in [2.75, 3.05) is 26.7 Å². The van der Waals surface area contributed by atoms with Crippen molar-refractivity contribution >= 4 is 53.2 Å². The number of halogens is 3. The maximum absolute atomic E-state index is 12.4. The van der Waals surface area contributed by atoms with E-state index >= 15 is 0 Å². The molecule has 25 heavy (non-hydrogen) atoms. The molecule has 0 aliphatic carbocycles. The largest absolute Gasteiger partial charge is 0.481 e. The van der Waals surface area contributed by atoms with Crippen LogP contribution in [0.2, 0.25) is 5.02 Å². The van der Waals surface area contributed by atoms with E-state index in [1.54, 1.807) is 18.3 Å². The fraction of sp³-hybridized carbons (Fsp3) is 0.412. The Balaban J connectivity index is 0.00000156. The molecule has 1 aliphatic heterocycles. The summed E-state index contributed by atoms with van der Waals surface area (Å²) in [5.74, 6) is 0.588. The van der Waals surface area contributed by atoms with Crippen LogP contribution in [0.5, 0.6) is 5.75 Å². The van der Waals surface area contributed by atoms with Gasteiger partial charge >= 0.3 is 0 Å². The van der Waals surface area contributed by atoms with Crippen LogP contribution in [-0.2, 0) is 4.79 Å². The second-order valence-corrected chi connectivity index (χ2v) is 6.11. The number of aromatic nitrogens is 1. The molecule has 0 bridgehead atoms. The number of fused-ring (bicyclic) bond motifs is 1. The molecule has 8 heteroatoms. The van der Waals surface area contributed by atoms with Crippen LogP contribution in [0.25, 0.3) is 10.9 Å². The first-order chi connectivity index (χ1) is 11.2. The Hall–Kier alpha value is -1.27. The minimum atomic E-state index is 0. The van der Waals surface area contributed by atoms with E-state index in [9.17, 15) is 4.79 Å². The van der Waals surface area contributed by atoms with Crippen molar-refractivity contribution in [1.82, 2.24) is 15.2 Å². The molecule has 1 aromatic heterocycles. The van der Waals surface area contributed by atoms with Crippen LogP contribution in [0.15, 0.2) is 30.5 Å². The van der Waals surface area contributed by atoms with E-state index in [4.69, 9.17) is 16.3 Å². The molecule has 1 saturated heterocycles. The van der Waals surface area contributed by atoms with E-state index in [0.717, 1.165) is 31.3 Å². The third kappa shape index (κ3) is 5.11. The highest BCUT2D eigenvalue weighted by molar-refractivity contribution is 6.35. The Labute approximate surface area is 164 Å². The number of likely N-dealkylation sites (tertiary alicyclic amines) is 1. The van der Waals surface area contributed by atoms with Crippen molar-refractivity contribution in [3.05, 3.63) is 35.5 Å². The quantitative estimate of drug-likeness (QED) is 0.846. The van der Waals surface area contributed by atoms with E-state index in [0.29, 0.717) is 22.3 Å². The van der Waals surface area contributed by atoms with Gasteiger partial charge in [-0.2, -0.15) is 0 Å². The maximum atomic E-state index is 12.4. The zero-order valence-corrected chi connectivity index (χ0v) is 16.3. The molecule has 1 amide bonds. The van der Waals surface area contributed by atoms with Crippen molar-refractivity contribution in [1.29, 1.82) is 0 Å². The number of hydrogen-bond acceptors (Lipinski definition) is 4. The number of amides is 1. The van der Waals surface area contributed by atoms with Crippen molar-refractivity contribution in [2.45, 2.75) is 18.9 Å². The average Bonchev–Trinajstić information content (AvgIpc) is 2.61. The second kappa shape index (κ2) is 10.0. The number of carbonyl (C=O) groups is 1. The van der Waals surface area contributed by atoms with Crippen molar-refractivity contribution in [3.63, 3.8) is 0 Å². The molecule has 0 radical (unpaired) electrons. The molecular weight excluding hydrogens is 385 g/mol. The molecule has 2 aromatic rings. The lowest BCUT2D eigenvalue weighted by molar-refractivity contribution is -0.134. The molecule has 3 rings (SSSR count). The molecule has 1 atom stereocenters. The number of rotatable bonds is 4. The van der Waals surface area contributed by atoms with Gasteiger partial charge in [0.05, 0.1) is 5.02 Å². The summed E-state index contributed by atoms with van der Waals surface area (Å²) in [4.78, 5) is 18.5. The van der Waals surface area contributed by atoms with Crippen LogP contribution in [0, 0.1) is 0 Å².